The minimum absolute atomic E-state index is 0.143. The fourth-order valence-corrected chi connectivity index (χ4v) is 4.77. The number of carbonyl (C=O) groups is 2. The van der Waals surface area contributed by atoms with E-state index in [2.05, 4.69) is 21.9 Å². The van der Waals surface area contributed by atoms with Gasteiger partial charge in [0.05, 0.1) is 6.61 Å². The topological polar surface area (TPSA) is 79.1 Å². The molecule has 2 fully saturated rings. The van der Waals surface area contributed by atoms with Crippen molar-refractivity contribution in [2.24, 2.45) is 5.73 Å². The first-order valence-corrected chi connectivity index (χ1v) is 11.2. The summed E-state index contributed by atoms with van der Waals surface area (Å²) in [6, 6.07) is 19.4. The number of hydrogen-bond acceptors (Lipinski definition) is 5. The number of piperazine rings is 1. The quantitative estimate of drug-likeness (QED) is 0.735. The van der Waals surface area contributed by atoms with Crippen LogP contribution in [0.5, 0.6) is 0 Å². The van der Waals surface area contributed by atoms with Crippen molar-refractivity contribution < 1.29 is 14.3 Å². The first-order chi connectivity index (χ1) is 15.5. The molecule has 2 unspecified atom stereocenters. The van der Waals surface area contributed by atoms with Crippen LogP contribution in [-0.2, 0) is 27.3 Å². The molecule has 7 heteroatoms. The molecule has 2 N–H and O–H groups in total. The fraction of sp³-hybridized carbons (Fsp3) is 0.440. The lowest BCUT2D eigenvalue weighted by Gasteiger charge is -2.47. The molecule has 2 aromatic rings. The fourth-order valence-electron chi connectivity index (χ4n) is 4.77. The molecule has 0 aromatic heterocycles. The Morgan fingerprint density at radius 2 is 1.66 bits per heavy atom. The van der Waals surface area contributed by atoms with E-state index in [1.807, 2.05) is 55.6 Å². The number of morpholine rings is 1. The van der Waals surface area contributed by atoms with Gasteiger partial charge in [0.1, 0.15) is 6.04 Å². The molecule has 0 spiro atoms. The molecular weight excluding hydrogens is 404 g/mol. The van der Waals surface area contributed by atoms with E-state index >= 15 is 0 Å². The van der Waals surface area contributed by atoms with Gasteiger partial charge >= 0.3 is 0 Å². The Kier molecular flexibility index (Phi) is 6.89. The first kappa shape index (κ1) is 22.5. The molecule has 2 aliphatic rings. The second-order valence-corrected chi connectivity index (χ2v) is 8.88. The third-order valence-corrected chi connectivity index (χ3v) is 6.40. The molecule has 32 heavy (non-hydrogen) atoms. The summed E-state index contributed by atoms with van der Waals surface area (Å²) in [7, 11) is 2.00. The van der Waals surface area contributed by atoms with Gasteiger partial charge in [-0.3, -0.25) is 14.5 Å². The zero-order valence-corrected chi connectivity index (χ0v) is 18.7. The number of nitrogens with zero attached hydrogens (tertiary/aromatic N) is 3. The maximum absolute atomic E-state index is 14.0. The summed E-state index contributed by atoms with van der Waals surface area (Å²) in [6.07, 6.45) is 0.465. The van der Waals surface area contributed by atoms with Crippen LogP contribution in [0, 0.1) is 0 Å². The highest BCUT2D eigenvalue weighted by atomic mass is 16.5. The van der Waals surface area contributed by atoms with Gasteiger partial charge in [0, 0.05) is 45.7 Å². The molecular formula is C25H32N4O3. The zero-order valence-electron chi connectivity index (χ0n) is 18.7. The van der Waals surface area contributed by atoms with Gasteiger partial charge < -0.3 is 20.3 Å². The lowest BCUT2D eigenvalue weighted by molar-refractivity contribution is -0.175. The number of rotatable bonds is 6. The molecule has 0 radical (unpaired) electrons. The van der Waals surface area contributed by atoms with Gasteiger partial charge in [0.2, 0.25) is 5.91 Å². The van der Waals surface area contributed by atoms with Crippen molar-refractivity contribution >= 4 is 11.8 Å². The van der Waals surface area contributed by atoms with Crippen LogP contribution in [-0.4, -0.2) is 84.5 Å². The molecule has 0 saturated carbocycles. The normalized spacial score (nSPS) is 24.9. The number of ether oxygens (including phenoxy) is 1. The van der Waals surface area contributed by atoms with Gasteiger partial charge in [-0.1, -0.05) is 60.7 Å². The molecule has 0 bridgehead atoms. The van der Waals surface area contributed by atoms with Gasteiger partial charge in [-0.15, -0.1) is 0 Å². The van der Waals surface area contributed by atoms with E-state index in [-0.39, 0.29) is 5.91 Å². The largest absolute Gasteiger partial charge is 0.368 e. The number of nitrogens with two attached hydrogens (primary N) is 1. The molecule has 2 aromatic carbocycles. The first-order valence-electron chi connectivity index (χ1n) is 11.2. The highest BCUT2D eigenvalue weighted by molar-refractivity contribution is 5.92. The van der Waals surface area contributed by atoms with E-state index in [0.717, 1.165) is 18.7 Å². The van der Waals surface area contributed by atoms with Crippen LogP contribution in [0.3, 0.4) is 0 Å². The Balaban J connectivity index is 1.55. The number of likely N-dealkylation sites (N-methyl/N-ethyl adjacent to an activating group) is 1. The predicted octanol–water partition coefficient (Wildman–Crippen LogP) is 1.13. The van der Waals surface area contributed by atoms with Crippen molar-refractivity contribution in [3.63, 3.8) is 0 Å². The number of primary amides is 1. The Morgan fingerprint density at radius 1 is 1.00 bits per heavy atom. The Bertz CT molecular complexity index is 923. The molecule has 2 aliphatic heterocycles. The van der Waals surface area contributed by atoms with Crippen molar-refractivity contribution in [1.29, 1.82) is 0 Å². The van der Waals surface area contributed by atoms with Gasteiger partial charge in [-0.05, 0) is 18.2 Å². The highest BCUT2D eigenvalue weighted by Gasteiger charge is 2.48. The van der Waals surface area contributed by atoms with Crippen LogP contribution in [0.25, 0.3) is 0 Å². The second-order valence-electron chi connectivity index (χ2n) is 8.88. The maximum Gasteiger partial charge on any atom is 0.257 e. The Morgan fingerprint density at radius 3 is 2.28 bits per heavy atom. The van der Waals surface area contributed by atoms with Gasteiger partial charge in [-0.2, -0.15) is 0 Å². The van der Waals surface area contributed by atoms with Crippen LogP contribution in [0.1, 0.15) is 11.1 Å². The summed E-state index contributed by atoms with van der Waals surface area (Å²) in [4.78, 5) is 32.3. The van der Waals surface area contributed by atoms with Crippen LogP contribution in [0.15, 0.2) is 60.7 Å². The third-order valence-electron chi connectivity index (χ3n) is 6.40. The van der Waals surface area contributed by atoms with Crippen LogP contribution < -0.4 is 5.73 Å². The van der Waals surface area contributed by atoms with Gasteiger partial charge in [0.15, 0.2) is 5.60 Å². The average molecular weight is 437 g/mol. The minimum atomic E-state index is -1.02. The zero-order chi connectivity index (χ0) is 22.6. The molecule has 2 atom stereocenters. The van der Waals surface area contributed by atoms with E-state index in [4.69, 9.17) is 10.5 Å². The highest BCUT2D eigenvalue weighted by Crippen LogP contribution is 2.28. The van der Waals surface area contributed by atoms with Crippen molar-refractivity contribution in [2.75, 3.05) is 46.4 Å². The summed E-state index contributed by atoms with van der Waals surface area (Å²) >= 11 is 0. The SMILES string of the molecule is CN1CCOC(Cc2ccccc2)(C(=O)N2CCN(Cc3ccccc3)CC2C(N)=O)C1. The summed E-state index contributed by atoms with van der Waals surface area (Å²) in [5.74, 6) is -0.619. The lowest BCUT2D eigenvalue weighted by Crippen LogP contribution is -2.67. The van der Waals surface area contributed by atoms with Gasteiger partial charge in [0.25, 0.3) is 5.91 Å². The molecule has 2 heterocycles. The molecule has 7 nitrogen and oxygen atoms in total. The van der Waals surface area contributed by atoms with E-state index in [0.29, 0.717) is 39.2 Å². The standard InChI is InChI=1S/C25H32N4O3/c1-27-14-15-32-25(19-27,16-20-8-4-2-5-9-20)24(31)29-13-12-28(18-22(29)23(26)30)17-21-10-6-3-7-11-21/h2-11,22H,12-19H2,1H3,(H2,26,30). The summed E-state index contributed by atoms with van der Waals surface area (Å²) in [5.41, 5.74) is 6.98. The molecule has 170 valence electrons. The van der Waals surface area contributed by atoms with E-state index in [1.165, 1.54) is 5.56 Å². The molecule has 2 saturated heterocycles. The van der Waals surface area contributed by atoms with Crippen molar-refractivity contribution in [3.8, 4) is 0 Å². The average Bonchev–Trinajstić information content (AvgIpc) is 2.80. The Labute approximate surface area is 189 Å². The van der Waals surface area contributed by atoms with Crippen LogP contribution in [0.4, 0.5) is 0 Å². The van der Waals surface area contributed by atoms with Gasteiger partial charge in [-0.25, -0.2) is 0 Å². The van der Waals surface area contributed by atoms with E-state index in [9.17, 15) is 9.59 Å². The lowest BCUT2D eigenvalue weighted by atomic mass is 9.89. The van der Waals surface area contributed by atoms with E-state index in [1.54, 1.807) is 4.90 Å². The van der Waals surface area contributed by atoms with Crippen molar-refractivity contribution in [3.05, 3.63) is 71.8 Å². The molecule has 4 rings (SSSR count). The summed E-state index contributed by atoms with van der Waals surface area (Å²) in [5, 5.41) is 0. The number of carbonyl (C=O) groups excluding carboxylic acids is 2. The third kappa shape index (κ3) is 5.01. The molecule has 2 amide bonds. The van der Waals surface area contributed by atoms with Crippen LogP contribution >= 0.6 is 0 Å². The van der Waals surface area contributed by atoms with Crippen molar-refractivity contribution in [1.82, 2.24) is 14.7 Å². The summed E-state index contributed by atoms with van der Waals surface area (Å²) in [6.45, 7) is 4.01. The predicted molar refractivity (Wildman–Crippen MR) is 123 cm³/mol. The smallest absolute Gasteiger partial charge is 0.257 e. The second kappa shape index (κ2) is 9.81. The van der Waals surface area contributed by atoms with Crippen molar-refractivity contribution in [2.45, 2.75) is 24.6 Å². The molecule has 0 aliphatic carbocycles. The summed E-state index contributed by atoms with van der Waals surface area (Å²) < 4.78 is 6.21. The monoisotopic (exact) mass is 436 g/mol. The number of amides is 2. The number of benzene rings is 2. The number of hydrogen-bond donors (Lipinski definition) is 1. The maximum atomic E-state index is 14.0. The van der Waals surface area contributed by atoms with Crippen LogP contribution in [0.2, 0.25) is 0 Å². The Hall–Kier alpha value is -2.74. The minimum Gasteiger partial charge on any atom is -0.368 e. The van der Waals surface area contributed by atoms with E-state index < -0.39 is 17.6 Å².